The quantitative estimate of drug-likeness (QED) is 0.793. The van der Waals surface area contributed by atoms with Crippen LogP contribution in [0.2, 0.25) is 5.02 Å². The minimum Gasteiger partial charge on any atom is -0.378 e. The molecule has 0 aliphatic carbocycles. The SMILES string of the molecule is C[C@@H]1CN(c2ccncc2Cl)C[C@@]2(CCCOC2)O1. The third-order valence-electron chi connectivity index (χ3n) is 3.79. The lowest BCUT2D eigenvalue weighted by atomic mass is 9.93. The van der Waals surface area contributed by atoms with E-state index in [2.05, 4.69) is 16.8 Å². The highest BCUT2D eigenvalue weighted by Crippen LogP contribution is 2.34. The lowest BCUT2D eigenvalue weighted by Crippen LogP contribution is -2.58. The van der Waals surface area contributed by atoms with Gasteiger partial charge in [0, 0.05) is 32.1 Å². The van der Waals surface area contributed by atoms with E-state index >= 15 is 0 Å². The van der Waals surface area contributed by atoms with Gasteiger partial charge in [-0.2, -0.15) is 0 Å². The minimum atomic E-state index is -0.178. The Hall–Kier alpha value is -0.840. The van der Waals surface area contributed by atoms with Crippen molar-refractivity contribution in [3.05, 3.63) is 23.5 Å². The van der Waals surface area contributed by atoms with Crippen molar-refractivity contribution in [1.82, 2.24) is 4.98 Å². The van der Waals surface area contributed by atoms with E-state index < -0.39 is 0 Å². The monoisotopic (exact) mass is 282 g/mol. The summed E-state index contributed by atoms with van der Waals surface area (Å²) in [7, 11) is 0. The van der Waals surface area contributed by atoms with Crippen molar-refractivity contribution >= 4 is 17.3 Å². The number of halogens is 1. The first kappa shape index (κ1) is 13.2. The van der Waals surface area contributed by atoms with Crippen molar-refractivity contribution in [2.45, 2.75) is 31.5 Å². The van der Waals surface area contributed by atoms with Gasteiger partial charge in [-0.1, -0.05) is 11.6 Å². The number of hydrogen-bond acceptors (Lipinski definition) is 4. The van der Waals surface area contributed by atoms with Gasteiger partial charge in [0.05, 0.1) is 23.4 Å². The molecule has 2 saturated heterocycles. The summed E-state index contributed by atoms with van der Waals surface area (Å²) in [5.74, 6) is 0. The molecule has 0 saturated carbocycles. The molecule has 5 heteroatoms. The summed E-state index contributed by atoms with van der Waals surface area (Å²) in [5.41, 5.74) is 0.861. The minimum absolute atomic E-state index is 0.178. The lowest BCUT2D eigenvalue weighted by molar-refractivity contribution is -0.160. The molecule has 2 fully saturated rings. The third-order valence-corrected chi connectivity index (χ3v) is 4.08. The van der Waals surface area contributed by atoms with Crippen LogP contribution in [0.4, 0.5) is 5.69 Å². The van der Waals surface area contributed by atoms with Crippen LogP contribution in [0.3, 0.4) is 0 Å². The number of pyridine rings is 1. The molecule has 0 radical (unpaired) electrons. The van der Waals surface area contributed by atoms with Gasteiger partial charge in [0.2, 0.25) is 0 Å². The number of ether oxygens (including phenoxy) is 2. The summed E-state index contributed by atoms with van der Waals surface area (Å²) in [6.45, 7) is 5.32. The van der Waals surface area contributed by atoms with E-state index in [0.717, 1.165) is 38.2 Å². The molecular weight excluding hydrogens is 264 g/mol. The van der Waals surface area contributed by atoms with Gasteiger partial charge < -0.3 is 14.4 Å². The molecular formula is C14H19ClN2O2. The molecule has 3 rings (SSSR count). The molecule has 0 unspecified atom stereocenters. The van der Waals surface area contributed by atoms with Gasteiger partial charge in [-0.3, -0.25) is 4.98 Å². The van der Waals surface area contributed by atoms with Gasteiger partial charge in [-0.05, 0) is 25.8 Å². The topological polar surface area (TPSA) is 34.6 Å². The van der Waals surface area contributed by atoms with Gasteiger partial charge in [0.25, 0.3) is 0 Å². The molecule has 0 bridgehead atoms. The Balaban J connectivity index is 1.84. The fourth-order valence-corrected chi connectivity index (χ4v) is 3.32. The molecule has 0 N–H and O–H groups in total. The van der Waals surface area contributed by atoms with Gasteiger partial charge in [0.1, 0.15) is 5.60 Å². The van der Waals surface area contributed by atoms with E-state index in [1.54, 1.807) is 12.4 Å². The molecule has 1 spiro atoms. The molecule has 0 amide bonds. The lowest BCUT2D eigenvalue weighted by Gasteiger charge is -2.48. The smallest absolute Gasteiger partial charge is 0.109 e. The zero-order valence-electron chi connectivity index (χ0n) is 11.1. The van der Waals surface area contributed by atoms with Crippen LogP contribution in [0, 0.1) is 0 Å². The normalized spacial score (nSPS) is 31.7. The predicted molar refractivity (Wildman–Crippen MR) is 74.8 cm³/mol. The maximum absolute atomic E-state index is 6.26. The van der Waals surface area contributed by atoms with Crippen molar-refractivity contribution < 1.29 is 9.47 Å². The Morgan fingerprint density at radius 3 is 3.16 bits per heavy atom. The number of hydrogen-bond donors (Lipinski definition) is 0. The predicted octanol–water partition coefficient (Wildman–Crippen LogP) is 2.51. The van der Waals surface area contributed by atoms with Crippen LogP contribution in [0.1, 0.15) is 19.8 Å². The molecule has 104 valence electrons. The largest absolute Gasteiger partial charge is 0.378 e. The van der Waals surface area contributed by atoms with Gasteiger partial charge in [-0.25, -0.2) is 0 Å². The number of morpholine rings is 1. The summed E-state index contributed by atoms with van der Waals surface area (Å²) in [6, 6.07) is 1.97. The Bertz CT molecular complexity index is 449. The van der Waals surface area contributed by atoms with Crippen LogP contribution in [0.5, 0.6) is 0 Å². The first-order valence-electron chi connectivity index (χ1n) is 6.79. The first-order chi connectivity index (χ1) is 9.19. The Kier molecular flexibility index (Phi) is 3.65. The molecule has 0 aromatic carbocycles. The highest BCUT2D eigenvalue weighted by Gasteiger charge is 2.41. The van der Waals surface area contributed by atoms with Crippen LogP contribution in [0.15, 0.2) is 18.5 Å². The van der Waals surface area contributed by atoms with Crippen molar-refractivity contribution in [3.63, 3.8) is 0 Å². The van der Waals surface area contributed by atoms with Crippen LogP contribution in [-0.4, -0.2) is 43.0 Å². The number of rotatable bonds is 1. The van der Waals surface area contributed by atoms with Crippen molar-refractivity contribution in [1.29, 1.82) is 0 Å². The molecule has 2 aliphatic heterocycles. The third kappa shape index (κ3) is 2.71. The van der Waals surface area contributed by atoms with E-state index in [-0.39, 0.29) is 11.7 Å². The Morgan fingerprint density at radius 1 is 1.53 bits per heavy atom. The molecule has 1 aromatic heterocycles. The fraction of sp³-hybridized carbons (Fsp3) is 0.643. The van der Waals surface area contributed by atoms with Crippen LogP contribution < -0.4 is 4.90 Å². The summed E-state index contributed by atoms with van der Waals surface area (Å²) >= 11 is 6.26. The second-order valence-electron chi connectivity index (χ2n) is 5.48. The molecule has 4 nitrogen and oxygen atoms in total. The van der Waals surface area contributed by atoms with Crippen LogP contribution >= 0.6 is 11.6 Å². The molecule has 2 atom stereocenters. The van der Waals surface area contributed by atoms with E-state index in [4.69, 9.17) is 21.1 Å². The molecule has 3 heterocycles. The van der Waals surface area contributed by atoms with Crippen LogP contribution in [-0.2, 0) is 9.47 Å². The second-order valence-corrected chi connectivity index (χ2v) is 5.88. The maximum Gasteiger partial charge on any atom is 0.109 e. The number of nitrogens with zero attached hydrogens (tertiary/aromatic N) is 2. The van der Waals surface area contributed by atoms with Gasteiger partial charge >= 0.3 is 0 Å². The van der Waals surface area contributed by atoms with Crippen LogP contribution in [0.25, 0.3) is 0 Å². The van der Waals surface area contributed by atoms with Gasteiger partial charge in [0.15, 0.2) is 0 Å². The molecule has 1 aromatic rings. The highest BCUT2D eigenvalue weighted by molar-refractivity contribution is 6.33. The summed E-state index contributed by atoms with van der Waals surface area (Å²) in [5, 5.41) is 0.698. The maximum atomic E-state index is 6.26. The van der Waals surface area contributed by atoms with E-state index in [1.807, 2.05) is 6.07 Å². The second kappa shape index (κ2) is 5.27. The summed E-state index contributed by atoms with van der Waals surface area (Å²) < 4.78 is 11.8. The highest BCUT2D eigenvalue weighted by atomic mass is 35.5. The fourth-order valence-electron chi connectivity index (χ4n) is 3.08. The van der Waals surface area contributed by atoms with Crippen molar-refractivity contribution in [3.8, 4) is 0 Å². The Labute approximate surface area is 118 Å². The number of aromatic nitrogens is 1. The van der Waals surface area contributed by atoms with Crippen molar-refractivity contribution in [2.24, 2.45) is 0 Å². The first-order valence-corrected chi connectivity index (χ1v) is 7.16. The van der Waals surface area contributed by atoms with E-state index in [1.165, 1.54) is 0 Å². The zero-order chi connectivity index (χ0) is 13.3. The standard InChI is InChI=1S/C14H19ClN2O2/c1-11-8-17(13-3-5-16-7-12(13)15)9-14(19-11)4-2-6-18-10-14/h3,5,7,11H,2,4,6,8-10H2,1H3/t11-,14-/m1/s1. The molecule has 19 heavy (non-hydrogen) atoms. The van der Waals surface area contributed by atoms with E-state index in [9.17, 15) is 0 Å². The van der Waals surface area contributed by atoms with Gasteiger partial charge in [-0.15, -0.1) is 0 Å². The average molecular weight is 283 g/mol. The Morgan fingerprint density at radius 2 is 2.42 bits per heavy atom. The summed E-state index contributed by atoms with van der Waals surface area (Å²) in [4.78, 5) is 6.35. The van der Waals surface area contributed by atoms with Crippen molar-refractivity contribution in [2.75, 3.05) is 31.2 Å². The van der Waals surface area contributed by atoms with E-state index in [0.29, 0.717) is 11.6 Å². The zero-order valence-corrected chi connectivity index (χ0v) is 11.9. The number of anilines is 1. The molecule has 2 aliphatic rings. The summed E-state index contributed by atoms with van der Waals surface area (Å²) in [6.07, 6.45) is 5.77. The average Bonchev–Trinajstić information content (AvgIpc) is 2.39.